The summed E-state index contributed by atoms with van der Waals surface area (Å²) in [6.45, 7) is 5.68. The third-order valence-corrected chi connectivity index (χ3v) is 3.60. The summed E-state index contributed by atoms with van der Waals surface area (Å²) >= 11 is 0. The minimum Gasteiger partial charge on any atom is -0.489 e. The highest BCUT2D eigenvalue weighted by atomic mass is 16.6. The van der Waals surface area contributed by atoms with Gasteiger partial charge >= 0.3 is 12.1 Å². The van der Waals surface area contributed by atoms with Crippen LogP contribution in [0.3, 0.4) is 0 Å². The summed E-state index contributed by atoms with van der Waals surface area (Å²) in [6.07, 6.45) is -0.901. The molecule has 6 nitrogen and oxygen atoms in total. The number of carbonyl (C=O) groups excluding carboxylic acids is 1. The molecule has 1 amide bonds. The zero-order valence-corrected chi connectivity index (χ0v) is 15.8. The van der Waals surface area contributed by atoms with Gasteiger partial charge in [-0.15, -0.1) is 0 Å². The Morgan fingerprint density at radius 3 is 2.22 bits per heavy atom. The smallest absolute Gasteiger partial charge is 0.408 e. The number of nitrogens with one attached hydrogen (secondary N) is 1. The van der Waals surface area contributed by atoms with Crippen LogP contribution in [0.4, 0.5) is 4.79 Å². The van der Waals surface area contributed by atoms with Crippen LogP contribution in [-0.2, 0) is 16.1 Å². The van der Waals surface area contributed by atoms with Crippen LogP contribution in [0.1, 0.15) is 44.4 Å². The number of carbonyl (C=O) groups is 2. The number of hydrogen-bond acceptors (Lipinski definition) is 4. The summed E-state index contributed by atoms with van der Waals surface area (Å²) in [7, 11) is 0. The van der Waals surface area contributed by atoms with Gasteiger partial charge in [0.2, 0.25) is 0 Å². The standard InChI is InChI=1S/C21H25NO5/c1-21(2,3)27-20(25)22-18(13-19(23)24)16-9-11-17(12-10-16)26-14-15-7-5-4-6-8-15/h4-12,18H,13-14H2,1-3H3,(H,22,25)(H,23,24)/t18-/m0/s1. The van der Waals surface area contributed by atoms with E-state index in [4.69, 9.17) is 14.6 Å². The number of amides is 1. The number of alkyl carbamates (subject to hydrolysis) is 1. The maximum Gasteiger partial charge on any atom is 0.408 e. The van der Waals surface area contributed by atoms with Gasteiger partial charge in [-0.1, -0.05) is 42.5 Å². The second-order valence-corrected chi connectivity index (χ2v) is 7.14. The Kier molecular flexibility index (Phi) is 6.82. The normalized spacial score (nSPS) is 12.1. The van der Waals surface area contributed by atoms with E-state index in [-0.39, 0.29) is 6.42 Å². The van der Waals surface area contributed by atoms with Crippen LogP contribution in [0.25, 0.3) is 0 Å². The zero-order valence-electron chi connectivity index (χ0n) is 15.8. The molecule has 0 aliphatic carbocycles. The summed E-state index contributed by atoms with van der Waals surface area (Å²) < 4.78 is 10.9. The van der Waals surface area contributed by atoms with Crippen LogP contribution in [0, 0.1) is 0 Å². The van der Waals surface area contributed by atoms with Crippen LogP contribution in [0.5, 0.6) is 5.75 Å². The Bertz CT molecular complexity index is 750. The first-order valence-electron chi connectivity index (χ1n) is 8.71. The van der Waals surface area contributed by atoms with E-state index in [1.54, 1.807) is 45.0 Å². The first-order valence-corrected chi connectivity index (χ1v) is 8.71. The van der Waals surface area contributed by atoms with Crippen molar-refractivity contribution < 1.29 is 24.2 Å². The van der Waals surface area contributed by atoms with Crippen LogP contribution in [0.15, 0.2) is 54.6 Å². The molecule has 0 bridgehead atoms. The number of benzene rings is 2. The van der Waals surface area contributed by atoms with Crippen LogP contribution in [-0.4, -0.2) is 22.8 Å². The highest BCUT2D eigenvalue weighted by Crippen LogP contribution is 2.22. The first kappa shape index (κ1) is 20.3. The number of rotatable bonds is 7. The predicted molar refractivity (Wildman–Crippen MR) is 102 cm³/mol. The summed E-state index contributed by atoms with van der Waals surface area (Å²) in [4.78, 5) is 23.2. The number of carboxylic acid groups (broad SMARTS) is 1. The molecule has 0 aliphatic rings. The minimum atomic E-state index is -1.01. The molecule has 0 fully saturated rings. The molecule has 0 radical (unpaired) electrons. The van der Waals surface area contributed by atoms with Crippen molar-refractivity contribution in [2.75, 3.05) is 0 Å². The quantitative estimate of drug-likeness (QED) is 0.758. The Balaban J connectivity index is 2.02. The topological polar surface area (TPSA) is 84.9 Å². The van der Waals surface area contributed by atoms with Gasteiger partial charge in [-0.05, 0) is 44.0 Å². The van der Waals surface area contributed by atoms with Gasteiger partial charge in [-0.2, -0.15) is 0 Å². The molecule has 0 aliphatic heterocycles. The summed E-state index contributed by atoms with van der Waals surface area (Å²) in [5.41, 5.74) is 1.06. The van der Waals surface area contributed by atoms with Crippen LogP contribution >= 0.6 is 0 Å². The molecule has 0 spiro atoms. The van der Waals surface area contributed by atoms with Gasteiger partial charge in [0.15, 0.2) is 0 Å². The van der Waals surface area contributed by atoms with Gasteiger partial charge in [0.25, 0.3) is 0 Å². The molecule has 0 unspecified atom stereocenters. The molecule has 0 heterocycles. The van der Waals surface area contributed by atoms with E-state index in [0.29, 0.717) is 17.9 Å². The van der Waals surface area contributed by atoms with E-state index < -0.39 is 23.7 Å². The van der Waals surface area contributed by atoms with Gasteiger partial charge in [0.05, 0.1) is 12.5 Å². The third kappa shape index (κ3) is 7.40. The van der Waals surface area contributed by atoms with Crippen LogP contribution < -0.4 is 10.1 Å². The molecule has 27 heavy (non-hydrogen) atoms. The van der Waals surface area contributed by atoms with E-state index in [9.17, 15) is 9.59 Å². The highest BCUT2D eigenvalue weighted by Gasteiger charge is 2.22. The fourth-order valence-electron chi connectivity index (χ4n) is 2.41. The Morgan fingerprint density at radius 1 is 1.04 bits per heavy atom. The fourth-order valence-corrected chi connectivity index (χ4v) is 2.41. The lowest BCUT2D eigenvalue weighted by molar-refractivity contribution is -0.137. The maximum absolute atomic E-state index is 12.0. The molecule has 2 aromatic rings. The lowest BCUT2D eigenvalue weighted by Gasteiger charge is -2.23. The van der Waals surface area contributed by atoms with Gasteiger partial charge in [0.1, 0.15) is 18.0 Å². The average Bonchev–Trinajstić information content (AvgIpc) is 2.59. The van der Waals surface area contributed by atoms with E-state index in [1.165, 1.54) is 0 Å². The molecular weight excluding hydrogens is 346 g/mol. The number of ether oxygens (including phenoxy) is 2. The zero-order chi connectivity index (χ0) is 19.9. The predicted octanol–water partition coefficient (Wildman–Crippen LogP) is 4.31. The molecule has 6 heteroatoms. The van der Waals surface area contributed by atoms with Crippen molar-refractivity contribution in [2.45, 2.75) is 45.4 Å². The molecular formula is C21H25NO5. The number of hydrogen-bond donors (Lipinski definition) is 2. The maximum atomic E-state index is 12.0. The lowest BCUT2D eigenvalue weighted by Crippen LogP contribution is -2.35. The SMILES string of the molecule is CC(C)(C)OC(=O)N[C@@H](CC(=O)O)c1ccc(OCc2ccccc2)cc1. The monoisotopic (exact) mass is 371 g/mol. The molecule has 0 saturated heterocycles. The van der Waals surface area contributed by atoms with Crippen molar-refractivity contribution in [3.63, 3.8) is 0 Å². The Hall–Kier alpha value is -3.02. The second-order valence-electron chi connectivity index (χ2n) is 7.14. The van der Waals surface area contributed by atoms with Crippen molar-refractivity contribution in [1.82, 2.24) is 5.32 Å². The second kappa shape index (κ2) is 9.07. The van der Waals surface area contributed by atoms with Gasteiger partial charge < -0.3 is 19.9 Å². The summed E-state index contributed by atoms with van der Waals surface area (Å²) in [5.74, 6) is -0.352. The molecule has 1 atom stereocenters. The van der Waals surface area contributed by atoms with Gasteiger partial charge in [0, 0.05) is 0 Å². The first-order chi connectivity index (χ1) is 12.7. The number of aliphatic carboxylic acids is 1. The van der Waals surface area contributed by atoms with E-state index in [0.717, 1.165) is 5.56 Å². The van der Waals surface area contributed by atoms with Crippen molar-refractivity contribution in [1.29, 1.82) is 0 Å². The highest BCUT2D eigenvalue weighted by molar-refractivity contribution is 5.72. The van der Waals surface area contributed by atoms with Crippen molar-refractivity contribution in [3.8, 4) is 5.75 Å². The molecule has 0 aromatic heterocycles. The Labute approximate surface area is 159 Å². The fraction of sp³-hybridized carbons (Fsp3) is 0.333. The largest absolute Gasteiger partial charge is 0.489 e. The molecule has 2 N–H and O–H groups in total. The molecule has 144 valence electrons. The van der Waals surface area contributed by atoms with E-state index in [2.05, 4.69) is 5.32 Å². The van der Waals surface area contributed by atoms with Crippen LogP contribution in [0.2, 0.25) is 0 Å². The van der Waals surface area contributed by atoms with Crippen molar-refractivity contribution in [3.05, 3.63) is 65.7 Å². The minimum absolute atomic E-state index is 0.247. The average molecular weight is 371 g/mol. The molecule has 2 aromatic carbocycles. The molecule has 2 rings (SSSR count). The van der Waals surface area contributed by atoms with Crippen molar-refractivity contribution >= 4 is 12.1 Å². The van der Waals surface area contributed by atoms with Gasteiger partial charge in [-0.3, -0.25) is 4.79 Å². The van der Waals surface area contributed by atoms with Gasteiger partial charge in [-0.25, -0.2) is 4.79 Å². The third-order valence-electron chi connectivity index (χ3n) is 3.60. The Morgan fingerprint density at radius 2 is 1.67 bits per heavy atom. The van der Waals surface area contributed by atoms with E-state index >= 15 is 0 Å². The van der Waals surface area contributed by atoms with Crippen molar-refractivity contribution in [2.24, 2.45) is 0 Å². The van der Waals surface area contributed by atoms with E-state index in [1.807, 2.05) is 30.3 Å². The lowest BCUT2D eigenvalue weighted by atomic mass is 10.0. The summed E-state index contributed by atoms with van der Waals surface area (Å²) in [6, 6.07) is 16.1. The number of carboxylic acids is 1. The summed E-state index contributed by atoms with van der Waals surface area (Å²) in [5, 5.41) is 11.8. The molecule has 0 saturated carbocycles.